The van der Waals surface area contributed by atoms with E-state index < -0.39 is 11.6 Å². The number of carbonyl (C=O) groups excluding carboxylic acids is 1. The maximum Gasteiger partial charge on any atom is 0.281 e. The van der Waals surface area contributed by atoms with E-state index in [9.17, 15) is 4.79 Å². The number of hydrogen-bond donors (Lipinski definition) is 1. The van der Waals surface area contributed by atoms with Crippen LogP contribution in [0.25, 0.3) is 4.85 Å². The predicted octanol–water partition coefficient (Wildman–Crippen LogP) is 1.12. The van der Waals surface area contributed by atoms with E-state index in [4.69, 9.17) is 22.4 Å². The average Bonchev–Trinajstić information content (AvgIpc) is 2.35. The standard InChI is InChI=1S/C11H8N4O2/c1-14-9-4-2-8(3-5-9)7-17-15-10(6-12)11(13)16/h2-5H,7H2,(H2,13,16). The Hall–Kier alpha value is -2.86. The molecule has 1 amide bonds. The van der Waals surface area contributed by atoms with Gasteiger partial charge < -0.3 is 10.6 Å². The summed E-state index contributed by atoms with van der Waals surface area (Å²) >= 11 is 0. The number of benzene rings is 1. The highest BCUT2D eigenvalue weighted by molar-refractivity contribution is 6.44. The number of nitrogens with two attached hydrogens (primary N) is 1. The van der Waals surface area contributed by atoms with Gasteiger partial charge in [0.1, 0.15) is 12.7 Å². The van der Waals surface area contributed by atoms with Crippen molar-refractivity contribution in [1.82, 2.24) is 0 Å². The van der Waals surface area contributed by atoms with E-state index in [0.717, 1.165) is 5.56 Å². The van der Waals surface area contributed by atoms with Gasteiger partial charge in [0.25, 0.3) is 5.91 Å². The fourth-order valence-corrected chi connectivity index (χ4v) is 0.959. The molecule has 0 saturated carbocycles. The van der Waals surface area contributed by atoms with Crippen molar-refractivity contribution in [2.75, 3.05) is 0 Å². The molecule has 0 aliphatic heterocycles. The molecule has 6 nitrogen and oxygen atoms in total. The molecule has 0 heterocycles. The predicted molar refractivity (Wildman–Crippen MR) is 59.7 cm³/mol. The first kappa shape index (κ1) is 12.2. The minimum atomic E-state index is -0.934. The van der Waals surface area contributed by atoms with Crippen molar-refractivity contribution in [3.63, 3.8) is 0 Å². The van der Waals surface area contributed by atoms with Gasteiger partial charge in [-0.3, -0.25) is 4.79 Å². The molecule has 0 fully saturated rings. The Morgan fingerprint density at radius 3 is 2.65 bits per heavy atom. The quantitative estimate of drug-likeness (QED) is 0.475. The van der Waals surface area contributed by atoms with Crippen LogP contribution in [-0.4, -0.2) is 11.6 Å². The summed E-state index contributed by atoms with van der Waals surface area (Å²) in [5.41, 5.74) is 5.66. The van der Waals surface area contributed by atoms with Crippen LogP contribution in [0.1, 0.15) is 5.56 Å². The summed E-state index contributed by atoms with van der Waals surface area (Å²) in [6, 6.07) is 8.17. The SMILES string of the molecule is [C-]#[N+]c1ccc(CON=C(C#N)C(N)=O)cc1. The molecule has 17 heavy (non-hydrogen) atoms. The lowest BCUT2D eigenvalue weighted by atomic mass is 10.2. The third-order valence-electron chi connectivity index (χ3n) is 1.79. The molecule has 0 aliphatic carbocycles. The Kier molecular flexibility index (Phi) is 4.23. The summed E-state index contributed by atoms with van der Waals surface area (Å²) in [5.74, 6) is -0.934. The molecule has 0 unspecified atom stereocenters. The Balaban J connectivity index is 2.60. The summed E-state index contributed by atoms with van der Waals surface area (Å²) in [6.07, 6.45) is 0. The second-order valence-corrected chi connectivity index (χ2v) is 2.97. The number of amides is 1. The minimum Gasteiger partial charge on any atom is -0.390 e. The summed E-state index contributed by atoms with van der Waals surface area (Å²) in [6.45, 7) is 6.86. The number of oxime groups is 1. The van der Waals surface area contributed by atoms with Crippen molar-refractivity contribution in [2.45, 2.75) is 6.61 Å². The van der Waals surface area contributed by atoms with Crippen molar-refractivity contribution in [2.24, 2.45) is 10.9 Å². The third-order valence-corrected chi connectivity index (χ3v) is 1.79. The molecule has 1 aromatic carbocycles. The largest absolute Gasteiger partial charge is 0.390 e. The van der Waals surface area contributed by atoms with Crippen LogP contribution in [-0.2, 0) is 16.2 Å². The minimum absolute atomic E-state index is 0.0940. The lowest BCUT2D eigenvalue weighted by molar-refractivity contribution is -0.112. The molecule has 84 valence electrons. The smallest absolute Gasteiger partial charge is 0.281 e. The Labute approximate surface area is 97.7 Å². The summed E-state index contributed by atoms with van der Waals surface area (Å²) < 4.78 is 0. The lowest BCUT2D eigenvalue weighted by Crippen LogP contribution is -2.21. The van der Waals surface area contributed by atoms with Crippen molar-refractivity contribution in [1.29, 1.82) is 5.26 Å². The number of hydrogen-bond acceptors (Lipinski definition) is 4. The second kappa shape index (κ2) is 5.89. The van der Waals surface area contributed by atoms with Crippen LogP contribution in [0.5, 0.6) is 0 Å². The maximum atomic E-state index is 10.6. The van der Waals surface area contributed by atoms with Gasteiger partial charge in [0.15, 0.2) is 5.69 Å². The van der Waals surface area contributed by atoms with Crippen molar-refractivity contribution < 1.29 is 9.63 Å². The van der Waals surface area contributed by atoms with Crippen LogP contribution in [0, 0.1) is 17.9 Å². The summed E-state index contributed by atoms with van der Waals surface area (Å²) in [4.78, 5) is 18.6. The Morgan fingerprint density at radius 2 is 2.18 bits per heavy atom. The molecule has 0 bridgehead atoms. The van der Waals surface area contributed by atoms with E-state index in [0.29, 0.717) is 5.69 Å². The Morgan fingerprint density at radius 1 is 1.53 bits per heavy atom. The zero-order valence-corrected chi connectivity index (χ0v) is 8.75. The average molecular weight is 228 g/mol. The van der Waals surface area contributed by atoms with Gasteiger partial charge in [0.2, 0.25) is 5.71 Å². The molecule has 0 spiro atoms. The van der Waals surface area contributed by atoms with Crippen LogP contribution in [0.3, 0.4) is 0 Å². The first-order valence-electron chi connectivity index (χ1n) is 4.53. The van der Waals surface area contributed by atoms with Crippen molar-refractivity contribution in [3.8, 4) is 6.07 Å². The van der Waals surface area contributed by atoms with Crippen molar-refractivity contribution in [3.05, 3.63) is 41.2 Å². The van der Waals surface area contributed by atoms with E-state index in [1.807, 2.05) is 0 Å². The van der Waals surface area contributed by atoms with Crippen LogP contribution < -0.4 is 5.73 Å². The summed E-state index contributed by atoms with van der Waals surface area (Å²) in [7, 11) is 0. The number of rotatable bonds is 4. The Bertz CT molecular complexity index is 520. The highest BCUT2D eigenvalue weighted by Crippen LogP contribution is 2.13. The van der Waals surface area contributed by atoms with Crippen LogP contribution in [0.2, 0.25) is 0 Å². The highest BCUT2D eigenvalue weighted by Gasteiger charge is 2.05. The topological polar surface area (TPSA) is 92.8 Å². The molecule has 6 heteroatoms. The number of primary amides is 1. The highest BCUT2D eigenvalue weighted by atomic mass is 16.6. The summed E-state index contributed by atoms with van der Waals surface area (Å²) in [5, 5.41) is 11.8. The van der Waals surface area contributed by atoms with Gasteiger partial charge in [-0.05, 0) is 5.56 Å². The van der Waals surface area contributed by atoms with Crippen LogP contribution in [0.15, 0.2) is 29.4 Å². The van der Waals surface area contributed by atoms with E-state index in [1.165, 1.54) is 6.07 Å². The molecule has 0 aromatic heterocycles. The molecule has 0 radical (unpaired) electrons. The first-order chi connectivity index (χ1) is 8.17. The van der Waals surface area contributed by atoms with Gasteiger partial charge in [0, 0.05) is 0 Å². The van der Waals surface area contributed by atoms with E-state index >= 15 is 0 Å². The van der Waals surface area contributed by atoms with E-state index in [1.54, 1.807) is 24.3 Å². The van der Waals surface area contributed by atoms with Gasteiger partial charge in [0.05, 0.1) is 6.57 Å². The zero-order chi connectivity index (χ0) is 12.7. The first-order valence-corrected chi connectivity index (χ1v) is 4.53. The molecule has 1 aromatic rings. The fraction of sp³-hybridized carbons (Fsp3) is 0.0909. The van der Waals surface area contributed by atoms with Crippen LogP contribution in [0.4, 0.5) is 5.69 Å². The van der Waals surface area contributed by atoms with E-state index in [-0.39, 0.29) is 6.61 Å². The normalized spacial score (nSPS) is 10.1. The molecular formula is C11H8N4O2. The monoisotopic (exact) mass is 228 g/mol. The van der Waals surface area contributed by atoms with Crippen molar-refractivity contribution >= 4 is 17.3 Å². The third kappa shape index (κ3) is 3.65. The molecule has 2 N–H and O–H groups in total. The van der Waals surface area contributed by atoms with Gasteiger partial charge in [-0.2, -0.15) is 5.26 Å². The fourth-order valence-electron chi connectivity index (χ4n) is 0.959. The van der Waals surface area contributed by atoms with Gasteiger partial charge in [-0.25, -0.2) is 4.85 Å². The molecule has 0 aliphatic rings. The van der Waals surface area contributed by atoms with Gasteiger partial charge in [-0.15, -0.1) is 0 Å². The molecule has 1 rings (SSSR count). The zero-order valence-electron chi connectivity index (χ0n) is 8.75. The molecular weight excluding hydrogens is 220 g/mol. The number of nitrogens with zero attached hydrogens (tertiary/aromatic N) is 3. The number of nitriles is 1. The van der Waals surface area contributed by atoms with Gasteiger partial charge in [-0.1, -0.05) is 29.4 Å². The second-order valence-electron chi connectivity index (χ2n) is 2.97. The lowest BCUT2D eigenvalue weighted by Gasteiger charge is -1.99. The van der Waals surface area contributed by atoms with Crippen LogP contribution >= 0.6 is 0 Å². The molecule has 0 saturated heterocycles. The van der Waals surface area contributed by atoms with E-state index in [2.05, 4.69) is 10.0 Å². The van der Waals surface area contributed by atoms with Gasteiger partial charge >= 0.3 is 0 Å². The molecule has 0 atom stereocenters. The number of carbonyl (C=O) groups is 1. The maximum absolute atomic E-state index is 10.6.